The number of allylic oxidation sites excluding steroid dienone is 1. The van der Waals surface area contributed by atoms with Crippen molar-refractivity contribution in [3.63, 3.8) is 0 Å². The van der Waals surface area contributed by atoms with Crippen LogP contribution < -0.4 is 16.4 Å². The number of hydrogen-bond acceptors (Lipinski definition) is 4. The van der Waals surface area contributed by atoms with Crippen molar-refractivity contribution < 1.29 is 9.59 Å². The first kappa shape index (κ1) is 17.2. The first-order chi connectivity index (χ1) is 12.4. The number of halogens is 2. The van der Waals surface area contributed by atoms with Gasteiger partial charge in [0, 0.05) is 21.7 Å². The third-order valence-electron chi connectivity index (χ3n) is 5.88. The molecule has 1 spiro atoms. The number of amides is 3. The van der Waals surface area contributed by atoms with Gasteiger partial charge in [0.2, 0.25) is 5.91 Å². The zero-order valence-electron chi connectivity index (χ0n) is 13.7. The SMILES string of the molecule is N#CC1=C(N)[C@H]2C(=O)NC(=O)N[C@]23CCC[C@H]3[C@@H]1c1ccc(Cl)cc1Cl. The molecule has 26 heavy (non-hydrogen) atoms. The number of nitrogens with one attached hydrogen (secondary N) is 2. The van der Waals surface area contributed by atoms with Gasteiger partial charge in [-0.25, -0.2) is 4.79 Å². The molecule has 0 bridgehead atoms. The van der Waals surface area contributed by atoms with Crippen LogP contribution in [0, 0.1) is 23.2 Å². The number of nitrogens with two attached hydrogens (primary N) is 1. The van der Waals surface area contributed by atoms with Gasteiger partial charge >= 0.3 is 6.03 Å². The third-order valence-corrected chi connectivity index (χ3v) is 6.44. The first-order valence-electron chi connectivity index (χ1n) is 8.36. The average molecular weight is 391 g/mol. The summed E-state index contributed by atoms with van der Waals surface area (Å²) < 4.78 is 0. The number of nitriles is 1. The Morgan fingerprint density at radius 1 is 1.31 bits per heavy atom. The number of urea groups is 1. The highest BCUT2D eigenvalue weighted by Gasteiger charge is 2.62. The molecule has 4 atom stereocenters. The summed E-state index contributed by atoms with van der Waals surface area (Å²) >= 11 is 12.4. The van der Waals surface area contributed by atoms with E-state index in [9.17, 15) is 14.9 Å². The van der Waals surface area contributed by atoms with Crippen LogP contribution in [0.15, 0.2) is 29.5 Å². The largest absolute Gasteiger partial charge is 0.400 e. The Morgan fingerprint density at radius 3 is 2.77 bits per heavy atom. The van der Waals surface area contributed by atoms with Crippen molar-refractivity contribution in [1.29, 1.82) is 5.26 Å². The van der Waals surface area contributed by atoms with E-state index in [0.29, 0.717) is 22.0 Å². The van der Waals surface area contributed by atoms with Crippen molar-refractivity contribution in [3.05, 3.63) is 45.1 Å². The van der Waals surface area contributed by atoms with Gasteiger partial charge in [0.05, 0.1) is 17.2 Å². The third kappa shape index (κ3) is 2.24. The number of imide groups is 1. The van der Waals surface area contributed by atoms with Gasteiger partial charge in [-0.15, -0.1) is 0 Å². The van der Waals surface area contributed by atoms with Gasteiger partial charge in [-0.3, -0.25) is 10.1 Å². The quantitative estimate of drug-likeness (QED) is 0.684. The molecule has 0 unspecified atom stereocenters. The number of nitrogens with zero attached hydrogens (tertiary/aromatic N) is 1. The van der Waals surface area contributed by atoms with Crippen LogP contribution in [0.1, 0.15) is 30.7 Å². The molecular weight excluding hydrogens is 375 g/mol. The summed E-state index contributed by atoms with van der Waals surface area (Å²) in [5, 5.41) is 16.0. The summed E-state index contributed by atoms with van der Waals surface area (Å²) in [6.07, 6.45) is 2.21. The number of carbonyl (C=O) groups excluding carboxylic acids is 2. The molecule has 2 fully saturated rings. The Bertz CT molecular complexity index is 907. The van der Waals surface area contributed by atoms with Gasteiger partial charge < -0.3 is 11.1 Å². The van der Waals surface area contributed by atoms with Crippen LogP contribution in [-0.4, -0.2) is 17.5 Å². The van der Waals surface area contributed by atoms with Gasteiger partial charge in [-0.1, -0.05) is 35.7 Å². The molecule has 3 amide bonds. The Hall–Kier alpha value is -2.23. The van der Waals surface area contributed by atoms with Gasteiger partial charge in [-0.2, -0.15) is 5.26 Å². The van der Waals surface area contributed by atoms with Crippen molar-refractivity contribution in [1.82, 2.24) is 10.6 Å². The van der Waals surface area contributed by atoms with E-state index in [1.54, 1.807) is 18.2 Å². The number of benzene rings is 1. The zero-order valence-corrected chi connectivity index (χ0v) is 15.2. The number of carbonyl (C=O) groups is 2. The Morgan fingerprint density at radius 2 is 2.08 bits per heavy atom. The normalized spacial score (nSPS) is 33.0. The highest BCUT2D eigenvalue weighted by atomic mass is 35.5. The maximum Gasteiger partial charge on any atom is 0.321 e. The smallest absolute Gasteiger partial charge is 0.321 e. The fourth-order valence-electron chi connectivity index (χ4n) is 4.98. The van der Waals surface area contributed by atoms with Crippen LogP contribution in [0.3, 0.4) is 0 Å². The molecule has 0 aromatic heterocycles. The highest BCUT2D eigenvalue weighted by molar-refractivity contribution is 6.35. The van der Waals surface area contributed by atoms with E-state index < -0.39 is 29.3 Å². The minimum absolute atomic E-state index is 0.150. The summed E-state index contributed by atoms with van der Waals surface area (Å²) in [6.45, 7) is 0. The summed E-state index contributed by atoms with van der Waals surface area (Å²) in [6, 6.07) is 6.80. The second-order valence-electron chi connectivity index (χ2n) is 7.04. The lowest BCUT2D eigenvalue weighted by Gasteiger charge is -2.51. The fraction of sp³-hybridized carbons (Fsp3) is 0.389. The lowest BCUT2D eigenvalue weighted by molar-refractivity contribution is -0.127. The van der Waals surface area contributed by atoms with E-state index in [-0.39, 0.29) is 11.6 Å². The Kier molecular flexibility index (Phi) is 3.90. The summed E-state index contributed by atoms with van der Waals surface area (Å²) in [5.41, 5.74) is 6.81. The molecule has 6 nitrogen and oxygen atoms in total. The molecule has 4 rings (SSSR count). The summed E-state index contributed by atoms with van der Waals surface area (Å²) in [5.74, 6) is -1.74. The van der Waals surface area contributed by atoms with Crippen LogP contribution in [0.2, 0.25) is 10.0 Å². The van der Waals surface area contributed by atoms with E-state index in [4.69, 9.17) is 28.9 Å². The molecule has 1 saturated carbocycles. The lowest BCUT2D eigenvalue weighted by Crippen LogP contribution is -2.71. The number of rotatable bonds is 1. The minimum Gasteiger partial charge on any atom is -0.400 e. The molecular formula is C18H16Cl2N4O2. The molecule has 1 heterocycles. The van der Waals surface area contributed by atoms with E-state index in [1.807, 2.05) is 0 Å². The van der Waals surface area contributed by atoms with Crippen molar-refractivity contribution >= 4 is 35.1 Å². The van der Waals surface area contributed by atoms with Crippen LogP contribution >= 0.6 is 23.2 Å². The fourth-order valence-corrected chi connectivity index (χ4v) is 5.51. The molecule has 1 aromatic rings. The number of hydrogen-bond donors (Lipinski definition) is 3. The maximum atomic E-state index is 12.6. The first-order valence-corrected chi connectivity index (χ1v) is 9.12. The molecule has 1 aliphatic heterocycles. The van der Waals surface area contributed by atoms with Crippen molar-refractivity contribution in [2.45, 2.75) is 30.7 Å². The molecule has 0 radical (unpaired) electrons. The minimum atomic E-state index is -0.794. The molecule has 4 N–H and O–H groups in total. The predicted molar refractivity (Wildman–Crippen MR) is 96.3 cm³/mol. The monoisotopic (exact) mass is 390 g/mol. The van der Waals surface area contributed by atoms with Crippen molar-refractivity contribution in [2.75, 3.05) is 0 Å². The van der Waals surface area contributed by atoms with Gasteiger partial charge in [0.25, 0.3) is 0 Å². The van der Waals surface area contributed by atoms with Crippen molar-refractivity contribution in [2.24, 2.45) is 17.6 Å². The molecule has 134 valence electrons. The average Bonchev–Trinajstić information content (AvgIpc) is 2.96. The highest BCUT2D eigenvalue weighted by Crippen LogP contribution is 2.57. The second kappa shape index (κ2) is 5.90. The van der Waals surface area contributed by atoms with Crippen LogP contribution in [0.25, 0.3) is 0 Å². The van der Waals surface area contributed by atoms with Gasteiger partial charge in [-0.05, 0) is 36.5 Å². The van der Waals surface area contributed by atoms with Crippen LogP contribution in [0.5, 0.6) is 0 Å². The molecule has 1 saturated heterocycles. The van der Waals surface area contributed by atoms with Gasteiger partial charge in [0.1, 0.15) is 5.92 Å². The topological polar surface area (TPSA) is 108 Å². The molecule has 3 aliphatic rings. The summed E-state index contributed by atoms with van der Waals surface area (Å²) in [7, 11) is 0. The molecule has 8 heteroatoms. The second-order valence-corrected chi connectivity index (χ2v) is 7.88. The molecule has 2 aliphatic carbocycles. The van der Waals surface area contributed by atoms with E-state index in [1.165, 1.54) is 0 Å². The van der Waals surface area contributed by atoms with Crippen molar-refractivity contribution in [3.8, 4) is 6.07 Å². The van der Waals surface area contributed by atoms with Gasteiger partial charge in [0.15, 0.2) is 0 Å². The van der Waals surface area contributed by atoms with Crippen LogP contribution in [0.4, 0.5) is 4.79 Å². The predicted octanol–water partition coefficient (Wildman–Crippen LogP) is 2.82. The lowest BCUT2D eigenvalue weighted by atomic mass is 9.60. The maximum absolute atomic E-state index is 12.6. The summed E-state index contributed by atoms with van der Waals surface area (Å²) in [4.78, 5) is 24.6. The van der Waals surface area contributed by atoms with E-state index in [0.717, 1.165) is 18.4 Å². The van der Waals surface area contributed by atoms with E-state index in [2.05, 4.69) is 16.7 Å². The van der Waals surface area contributed by atoms with E-state index >= 15 is 0 Å². The van der Waals surface area contributed by atoms with Crippen LogP contribution in [-0.2, 0) is 4.79 Å². The standard InChI is InChI=1S/C18H16Cl2N4O2/c19-8-3-4-9(12(20)6-8)13-10(7-21)15(22)14-16(25)23-17(26)24-18(14)5-1-2-11(13)18/h3-4,6,11,13-14H,1-2,5,22H2,(H2,23,24,25,26)/t11-,13+,14-,18-/m0/s1. The Balaban J connectivity index is 1.96. The molecule has 1 aromatic carbocycles. The Labute approximate surface area is 160 Å². The zero-order chi connectivity index (χ0) is 18.6.